The van der Waals surface area contributed by atoms with Gasteiger partial charge in [0.05, 0.1) is 13.5 Å². The molecule has 0 unspecified atom stereocenters. The highest BCUT2D eigenvalue weighted by Gasteiger charge is 2.21. The van der Waals surface area contributed by atoms with Crippen molar-refractivity contribution in [3.05, 3.63) is 28.4 Å². The van der Waals surface area contributed by atoms with Crippen LogP contribution in [0.4, 0.5) is 0 Å². The molecule has 23 heavy (non-hydrogen) atoms. The second-order valence-electron chi connectivity index (χ2n) is 6.00. The number of rotatable bonds is 5. The Bertz CT molecular complexity index is 692. The lowest BCUT2D eigenvalue weighted by atomic mass is 9.89. The summed E-state index contributed by atoms with van der Waals surface area (Å²) in [5.41, 5.74) is 0.657. The molecule has 0 aliphatic heterocycles. The van der Waals surface area contributed by atoms with Crippen LogP contribution in [0.1, 0.15) is 37.1 Å². The molecule has 1 aromatic carbocycles. The number of benzene rings is 1. The molecule has 1 N–H and O–H groups in total. The number of fused-ring (bicyclic) bond motifs is 1. The van der Waals surface area contributed by atoms with Crippen LogP contribution < -0.4 is 14.8 Å². The predicted molar refractivity (Wildman–Crippen MR) is 90.6 cm³/mol. The van der Waals surface area contributed by atoms with Crippen molar-refractivity contribution in [2.24, 2.45) is 5.92 Å². The van der Waals surface area contributed by atoms with E-state index in [9.17, 15) is 10.0 Å². The van der Waals surface area contributed by atoms with Gasteiger partial charge >= 0.3 is 0 Å². The molecule has 3 rings (SSSR count). The van der Waals surface area contributed by atoms with E-state index in [-0.39, 0.29) is 11.8 Å². The summed E-state index contributed by atoms with van der Waals surface area (Å²) in [6.45, 7) is 0.515. The largest absolute Gasteiger partial charge is 0.617 e. The van der Waals surface area contributed by atoms with Crippen molar-refractivity contribution in [1.82, 2.24) is 5.32 Å². The summed E-state index contributed by atoms with van der Waals surface area (Å²) in [6, 6.07) is 5.44. The minimum Gasteiger partial charge on any atom is -0.617 e. The van der Waals surface area contributed by atoms with Gasteiger partial charge in [-0.3, -0.25) is 4.79 Å². The zero-order valence-electron chi connectivity index (χ0n) is 13.3. The average molecular weight is 334 g/mol. The first kappa shape index (κ1) is 16.1. The smallest absolute Gasteiger partial charge is 0.251 e. The maximum absolute atomic E-state index is 12.3. The van der Waals surface area contributed by atoms with Crippen LogP contribution in [0.25, 0.3) is 10.2 Å². The molecule has 1 saturated carbocycles. The first-order chi connectivity index (χ1) is 11.2. The van der Waals surface area contributed by atoms with Gasteiger partial charge in [-0.05, 0) is 18.9 Å². The number of carbonyl (C=O) groups excluding carboxylic acids is 1. The van der Waals surface area contributed by atoms with Crippen LogP contribution >= 0.6 is 11.3 Å². The van der Waals surface area contributed by atoms with Gasteiger partial charge in [0.1, 0.15) is 10.4 Å². The van der Waals surface area contributed by atoms with Crippen molar-refractivity contribution in [2.45, 2.75) is 38.5 Å². The van der Waals surface area contributed by atoms with Gasteiger partial charge in [-0.1, -0.05) is 30.6 Å². The second kappa shape index (κ2) is 7.17. The molecule has 1 fully saturated rings. The SMILES string of the molecule is COc1ccc2c(c1)sc(CCNC(=O)C1CCCCC1)[n+]2[O-]. The van der Waals surface area contributed by atoms with Crippen molar-refractivity contribution in [1.29, 1.82) is 0 Å². The zero-order chi connectivity index (χ0) is 16.2. The maximum Gasteiger partial charge on any atom is 0.251 e. The summed E-state index contributed by atoms with van der Waals surface area (Å²) >= 11 is 1.46. The van der Waals surface area contributed by atoms with E-state index in [1.54, 1.807) is 19.2 Å². The Morgan fingerprint density at radius 3 is 2.91 bits per heavy atom. The summed E-state index contributed by atoms with van der Waals surface area (Å²) in [5.74, 6) is 1.05. The van der Waals surface area contributed by atoms with Crippen LogP contribution in [-0.2, 0) is 11.2 Å². The van der Waals surface area contributed by atoms with E-state index < -0.39 is 0 Å². The molecule has 2 aromatic rings. The fourth-order valence-electron chi connectivity index (χ4n) is 3.13. The van der Waals surface area contributed by atoms with E-state index in [1.807, 2.05) is 6.07 Å². The summed E-state index contributed by atoms with van der Waals surface area (Å²) in [5, 5.41) is 16.0. The Kier molecular flexibility index (Phi) is 5.00. The highest BCUT2D eigenvalue weighted by molar-refractivity contribution is 7.18. The molecule has 0 saturated heterocycles. The fourth-order valence-corrected chi connectivity index (χ4v) is 4.20. The molecular formula is C17H22N2O3S. The zero-order valence-corrected chi connectivity index (χ0v) is 14.2. The molecule has 1 aliphatic carbocycles. The lowest BCUT2D eigenvalue weighted by Crippen LogP contribution is -2.35. The average Bonchev–Trinajstić information content (AvgIpc) is 2.91. The monoisotopic (exact) mass is 334 g/mol. The Balaban J connectivity index is 1.60. The quantitative estimate of drug-likeness (QED) is 0.675. The van der Waals surface area contributed by atoms with Crippen LogP contribution in [0.3, 0.4) is 0 Å². The molecule has 1 heterocycles. The topological polar surface area (TPSA) is 65.3 Å². The van der Waals surface area contributed by atoms with Crippen molar-refractivity contribution < 1.29 is 14.3 Å². The molecule has 0 spiro atoms. The van der Waals surface area contributed by atoms with Crippen molar-refractivity contribution in [3.63, 3.8) is 0 Å². The van der Waals surface area contributed by atoms with E-state index in [0.29, 0.717) is 18.5 Å². The molecular weight excluding hydrogens is 312 g/mol. The number of ether oxygens (including phenoxy) is 1. The third-order valence-corrected chi connectivity index (χ3v) is 5.61. The van der Waals surface area contributed by atoms with E-state index >= 15 is 0 Å². The molecule has 1 amide bonds. The second-order valence-corrected chi connectivity index (χ2v) is 7.11. The van der Waals surface area contributed by atoms with Gasteiger partial charge in [-0.2, -0.15) is 4.73 Å². The van der Waals surface area contributed by atoms with Crippen LogP contribution in [0, 0.1) is 11.1 Å². The summed E-state index contributed by atoms with van der Waals surface area (Å²) < 4.78 is 7.06. The number of carbonyl (C=O) groups is 1. The number of hydrogen-bond donors (Lipinski definition) is 1. The Hall–Kier alpha value is -1.82. The number of nitrogens with one attached hydrogen (secondary N) is 1. The van der Waals surface area contributed by atoms with Gasteiger partial charge in [0.2, 0.25) is 11.4 Å². The molecule has 6 heteroatoms. The Labute approximate surface area is 139 Å². The third kappa shape index (κ3) is 3.58. The Morgan fingerprint density at radius 1 is 1.39 bits per heavy atom. The number of nitrogens with zero attached hydrogens (tertiary/aromatic N) is 1. The fraction of sp³-hybridized carbons (Fsp3) is 0.529. The van der Waals surface area contributed by atoms with E-state index in [4.69, 9.17) is 4.74 Å². The van der Waals surface area contributed by atoms with Crippen LogP contribution in [0.2, 0.25) is 0 Å². The molecule has 0 atom stereocenters. The number of methoxy groups -OCH3 is 1. The first-order valence-corrected chi connectivity index (χ1v) is 8.97. The number of aromatic nitrogens is 1. The molecule has 0 radical (unpaired) electrons. The number of amides is 1. The molecule has 1 aromatic heterocycles. The maximum atomic E-state index is 12.3. The summed E-state index contributed by atoms with van der Waals surface area (Å²) in [7, 11) is 1.61. The minimum absolute atomic E-state index is 0.143. The van der Waals surface area contributed by atoms with Crippen molar-refractivity contribution in [3.8, 4) is 5.75 Å². The first-order valence-electron chi connectivity index (χ1n) is 8.15. The van der Waals surface area contributed by atoms with Crippen LogP contribution in [0.5, 0.6) is 5.75 Å². The summed E-state index contributed by atoms with van der Waals surface area (Å²) in [4.78, 5) is 12.1. The van der Waals surface area contributed by atoms with Crippen molar-refractivity contribution >= 4 is 27.5 Å². The van der Waals surface area contributed by atoms with Gasteiger partial charge in [0, 0.05) is 24.6 Å². The van der Waals surface area contributed by atoms with Crippen LogP contribution in [0.15, 0.2) is 18.2 Å². The van der Waals surface area contributed by atoms with Crippen LogP contribution in [-0.4, -0.2) is 19.6 Å². The predicted octanol–water partition coefficient (Wildman–Crippen LogP) is 2.78. The standard InChI is InChI=1S/C17H22N2O3S/c1-22-13-7-8-14-15(11-13)23-16(19(14)21)9-10-18-17(20)12-5-3-2-4-6-12/h7-8,11-12H,2-6,9-10H2,1H3,(H,18,20). The highest BCUT2D eigenvalue weighted by Crippen LogP contribution is 2.25. The normalized spacial score (nSPS) is 15.7. The van der Waals surface area contributed by atoms with Gasteiger partial charge < -0.3 is 15.3 Å². The lowest BCUT2D eigenvalue weighted by molar-refractivity contribution is -0.580. The Morgan fingerprint density at radius 2 is 2.17 bits per heavy atom. The van der Waals surface area contributed by atoms with Gasteiger partial charge in [0.25, 0.3) is 5.01 Å². The van der Waals surface area contributed by atoms with E-state index in [2.05, 4.69) is 5.32 Å². The molecule has 0 bridgehead atoms. The number of hydrogen-bond acceptors (Lipinski definition) is 4. The number of thiazole rings is 1. The minimum atomic E-state index is 0.143. The highest BCUT2D eigenvalue weighted by atomic mass is 32.1. The van der Waals surface area contributed by atoms with Gasteiger partial charge in [0.15, 0.2) is 0 Å². The van der Waals surface area contributed by atoms with E-state index in [0.717, 1.165) is 45.9 Å². The molecule has 5 nitrogen and oxygen atoms in total. The van der Waals surface area contributed by atoms with Gasteiger partial charge in [-0.15, -0.1) is 0 Å². The van der Waals surface area contributed by atoms with Gasteiger partial charge in [-0.25, -0.2) is 0 Å². The molecule has 124 valence electrons. The van der Waals surface area contributed by atoms with Crippen molar-refractivity contribution in [2.75, 3.05) is 13.7 Å². The molecule has 1 aliphatic rings. The summed E-state index contributed by atoms with van der Waals surface area (Å²) in [6.07, 6.45) is 6.09. The van der Waals surface area contributed by atoms with E-state index in [1.165, 1.54) is 17.8 Å². The lowest BCUT2D eigenvalue weighted by Gasteiger charge is -2.20. The third-order valence-electron chi connectivity index (χ3n) is 4.45.